The van der Waals surface area contributed by atoms with Crippen LogP contribution in [0.1, 0.15) is 55.5 Å². The van der Waals surface area contributed by atoms with E-state index in [0.717, 1.165) is 72.0 Å². The van der Waals surface area contributed by atoms with Gasteiger partial charge in [0.1, 0.15) is 18.7 Å². The van der Waals surface area contributed by atoms with Crippen molar-refractivity contribution in [2.45, 2.75) is 57.7 Å². The third-order valence-electron chi connectivity index (χ3n) is 10.3. The second-order valence-corrected chi connectivity index (χ2v) is 12.6. The second kappa shape index (κ2) is 10.7. The van der Waals surface area contributed by atoms with Crippen molar-refractivity contribution < 1.29 is 9.59 Å². The van der Waals surface area contributed by atoms with Gasteiger partial charge < -0.3 is 9.59 Å². The maximum Gasteiger partial charge on any atom is 0.131 e. The molecule has 3 saturated heterocycles. The number of aromatic nitrogens is 1. The Balaban J connectivity index is 1.37. The van der Waals surface area contributed by atoms with E-state index in [9.17, 15) is 5.11 Å². The molecule has 8 rings (SSSR count). The number of benzene rings is 4. The Labute approximate surface area is 243 Å². The van der Waals surface area contributed by atoms with Gasteiger partial charge in [-0.2, -0.15) is 0 Å². The molecule has 5 atom stereocenters. The number of piperidine rings is 3. The van der Waals surface area contributed by atoms with E-state index in [1.54, 1.807) is 0 Å². The molecule has 4 aromatic carbocycles. The number of quaternary nitrogens is 1. The molecule has 41 heavy (non-hydrogen) atoms. The van der Waals surface area contributed by atoms with Crippen molar-refractivity contribution in [3.8, 4) is 0 Å². The van der Waals surface area contributed by atoms with Crippen LogP contribution in [-0.2, 0) is 13.0 Å². The number of aliphatic hydroxyl groups excluding tert-OH is 1. The molecular formula is C38H41N2O+. The average Bonchev–Trinajstić information content (AvgIpc) is 3.03. The number of fused-ring (bicyclic) bond motifs is 6. The molecule has 0 radical (unpaired) electrons. The van der Waals surface area contributed by atoms with Crippen LogP contribution in [0.2, 0.25) is 0 Å². The molecule has 5 aromatic rings. The molecule has 4 heterocycles. The van der Waals surface area contributed by atoms with Gasteiger partial charge in [-0.1, -0.05) is 86.2 Å². The standard InChI is InChI=1S/C38H41N2O/c1-3-5-14-30-23-34(33-17-10-11-18-36(33)39-30)38(41)37-22-27-19-20-40(37,24-26(27)4-2)25-35-31-15-8-6-12-28(31)21-29-13-7-9-16-32(29)35/h4,6-13,15-18,21,23,26-27,37-38,41H,2-3,5,14,19-20,22,24-25H2,1H3/q+1/t26-,27-,37+,38+,40-/m0/s1. The summed E-state index contributed by atoms with van der Waals surface area (Å²) in [4.78, 5) is 5.00. The largest absolute Gasteiger partial charge is 0.382 e. The molecule has 1 aromatic heterocycles. The summed E-state index contributed by atoms with van der Waals surface area (Å²) in [5.74, 6) is 1.08. The summed E-state index contributed by atoms with van der Waals surface area (Å²) >= 11 is 0. The quantitative estimate of drug-likeness (QED) is 0.121. The van der Waals surface area contributed by atoms with Gasteiger partial charge in [-0.25, -0.2) is 0 Å². The summed E-state index contributed by atoms with van der Waals surface area (Å²) in [6.45, 7) is 9.56. The molecule has 208 valence electrons. The normalized spacial score (nSPS) is 24.7. The number of unbranched alkanes of at least 4 members (excludes halogenated alkanes) is 1. The fourth-order valence-corrected chi connectivity index (χ4v) is 8.17. The van der Waals surface area contributed by atoms with Crippen LogP contribution in [0.3, 0.4) is 0 Å². The van der Waals surface area contributed by atoms with Crippen molar-refractivity contribution in [3.05, 3.63) is 114 Å². The zero-order chi connectivity index (χ0) is 28.0. The number of nitrogens with zero attached hydrogens (tertiary/aromatic N) is 2. The van der Waals surface area contributed by atoms with Crippen LogP contribution in [-0.4, -0.2) is 33.7 Å². The molecule has 3 nitrogen and oxygen atoms in total. The Morgan fingerprint density at radius 3 is 2.34 bits per heavy atom. The van der Waals surface area contributed by atoms with Crippen molar-refractivity contribution in [2.24, 2.45) is 11.8 Å². The molecule has 2 bridgehead atoms. The molecular weight excluding hydrogens is 500 g/mol. The first kappa shape index (κ1) is 26.4. The van der Waals surface area contributed by atoms with Crippen LogP contribution in [0.15, 0.2) is 97.6 Å². The Hall–Kier alpha value is -3.53. The van der Waals surface area contributed by atoms with Gasteiger partial charge in [0.25, 0.3) is 0 Å². The van der Waals surface area contributed by atoms with Gasteiger partial charge in [-0.3, -0.25) is 4.98 Å². The minimum Gasteiger partial charge on any atom is -0.382 e. The minimum absolute atomic E-state index is 0.132. The van der Waals surface area contributed by atoms with Gasteiger partial charge in [0.2, 0.25) is 0 Å². The summed E-state index contributed by atoms with van der Waals surface area (Å²) in [7, 11) is 0. The van der Waals surface area contributed by atoms with Crippen molar-refractivity contribution in [1.29, 1.82) is 0 Å². The highest BCUT2D eigenvalue weighted by Gasteiger charge is 2.54. The summed E-state index contributed by atoms with van der Waals surface area (Å²) in [5, 5.41) is 18.8. The predicted molar refractivity (Wildman–Crippen MR) is 171 cm³/mol. The lowest BCUT2D eigenvalue weighted by molar-refractivity contribution is -0.984. The molecule has 0 spiro atoms. The number of hydrogen-bond acceptors (Lipinski definition) is 2. The van der Waals surface area contributed by atoms with Crippen molar-refractivity contribution >= 4 is 32.4 Å². The Bertz CT molecular complexity index is 1690. The molecule has 1 N–H and O–H groups in total. The average molecular weight is 542 g/mol. The first-order valence-corrected chi connectivity index (χ1v) is 15.5. The van der Waals surface area contributed by atoms with E-state index in [1.165, 1.54) is 33.5 Å². The molecule has 3 heteroatoms. The molecule has 0 amide bonds. The number of para-hydroxylation sites is 1. The zero-order valence-electron chi connectivity index (χ0n) is 24.2. The van der Waals surface area contributed by atoms with Gasteiger partial charge in [-0.05, 0) is 64.1 Å². The highest BCUT2D eigenvalue weighted by atomic mass is 16.3. The number of hydrogen-bond donors (Lipinski definition) is 1. The van der Waals surface area contributed by atoms with Crippen LogP contribution >= 0.6 is 0 Å². The monoisotopic (exact) mass is 541 g/mol. The lowest BCUT2D eigenvalue weighted by atomic mass is 9.71. The lowest BCUT2D eigenvalue weighted by Crippen LogP contribution is -2.67. The number of pyridine rings is 1. The van der Waals surface area contributed by atoms with Crippen LogP contribution < -0.4 is 0 Å². The second-order valence-electron chi connectivity index (χ2n) is 12.6. The molecule has 0 aliphatic carbocycles. The SMILES string of the molecule is C=C[C@H]1C[N@+]2(Cc3c4ccccc4cc4ccccc34)CC[C@H]1C[C@@H]2[C@H](O)c1cc(CCCC)nc2ccccc12. The molecule has 0 saturated carbocycles. The van der Waals surface area contributed by atoms with E-state index in [-0.39, 0.29) is 6.04 Å². The molecule has 3 aliphatic rings. The predicted octanol–water partition coefficient (Wildman–Crippen LogP) is 8.53. The van der Waals surface area contributed by atoms with Crippen molar-refractivity contribution in [3.63, 3.8) is 0 Å². The lowest BCUT2D eigenvalue weighted by Gasteiger charge is -2.58. The summed E-state index contributed by atoms with van der Waals surface area (Å²) < 4.78 is 0.910. The summed E-state index contributed by atoms with van der Waals surface area (Å²) in [6, 6.07) is 30.8. The Kier molecular flexibility index (Phi) is 6.89. The third-order valence-corrected chi connectivity index (χ3v) is 10.3. The number of aliphatic hydroxyl groups is 1. The third kappa shape index (κ3) is 4.56. The number of rotatable bonds is 8. The van der Waals surface area contributed by atoms with Gasteiger partial charge in [0.05, 0.1) is 18.6 Å². The van der Waals surface area contributed by atoms with Crippen LogP contribution in [0, 0.1) is 11.8 Å². The Morgan fingerprint density at radius 2 is 1.63 bits per heavy atom. The zero-order valence-corrected chi connectivity index (χ0v) is 24.2. The van der Waals surface area contributed by atoms with E-state index in [1.807, 2.05) is 0 Å². The van der Waals surface area contributed by atoms with E-state index in [4.69, 9.17) is 4.98 Å². The fraction of sp³-hybridized carbons (Fsp3) is 0.342. The van der Waals surface area contributed by atoms with E-state index < -0.39 is 6.10 Å². The molecule has 3 fully saturated rings. The summed E-state index contributed by atoms with van der Waals surface area (Å²) in [5.41, 5.74) is 4.59. The van der Waals surface area contributed by atoms with Gasteiger partial charge in [-0.15, -0.1) is 6.58 Å². The molecule has 0 unspecified atom stereocenters. The topological polar surface area (TPSA) is 33.1 Å². The number of aryl methyl sites for hydroxylation is 1. The van der Waals surface area contributed by atoms with Gasteiger partial charge in [0, 0.05) is 35.4 Å². The van der Waals surface area contributed by atoms with Crippen molar-refractivity contribution in [2.75, 3.05) is 13.1 Å². The van der Waals surface area contributed by atoms with Crippen LogP contribution in [0.5, 0.6) is 0 Å². The highest BCUT2D eigenvalue weighted by Crippen LogP contribution is 2.49. The molecule has 3 aliphatic heterocycles. The fourth-order valence-electron chi connectivity index (χ4n) is 8.17. The highest BCUT2D eigenvalue weighted by molar-refractivity contribution is 6.02. The van der Waals surface area contributed by atoms with E-state index in [2.05, 4.69) is 105 Å². The van der Waals surface area contributed by atoms with Crippen LogP contribution in [0.25, 0.3) is 32.4 Å². The maximum atomic E-state index is 12.5. The minimum atomic E-state index is -0.543. The Morgan fingerprint density at radius 1 is 0.951 bits per heavy atom. The van der Waals surface area contributed by atoms with Gasteiger partial charge >= 0.3 is 0 Å². The smallest absolute Gasteiger partial charge is 0.131 e. The maximum absolute atomic E-state index is 12.5. The summed E-state index contributed by atoms with van der Waals surface area (Å²) in [6.07, 6.45) is 7.08. The van der Waals surface area contributed by atoms with E-state index >= 15 is 0 Å². The van der Waals surface area contributed by atoms with E-state index in [0.29, 0.717) is 11.8 Å². The van der Waals surface area contributed by atoms with Crippen molar-refractivity contribution in [1.82, 2.24) is 4.98 Å². The first-order chi connectivity index (χ1) is 20.1. The van der Waals surface area contributed by atoms with Gasteiger partial charge in [0.15, 0.2) is 0 Å². The first-order valence-electron chi connectivity index (χ1n) is 15.5. The van der Waals surface area contributed by atoms with Crippen LogP contribution in [0.4, 0.5) is 0 Å².